The van der Waals surface area contributed by atoms with E-state index in [1.165, 1.54) is 25.7 Å². The first-order valence-electron chi connectivity index (χ1n) is 6.05. The number of halogens is 1. The van der Waals surface area contributed by atoms with Gasteiger partial charge in [0, 0.05) is 11.3 Å². The zero-order valence-corrected chi connectivity index (χ0v) is 11.7. The van der Waals surface area contributed by atoms with E-state index >= 15 is 0 Å². The smallest absolute Gasteiger partial charge is 0.0765 e. The third-order valence-electron chi connectivity index (χ3n) is 3.38. The molecule has 0 spiro atoms. The highest BCUT2D eigenvalue weighted by molar-refractivity contribution is 7.99. The second-order valence-electron chi connectivity index (χ2n) is 4.51. The van der Waals surface area contributed by atoms with E-state index in [-0.39, 0.29) is 0 Å². The Labute approximate surface area is 112 Å². The van der Waals surface area contributed by atoms with Gasteiger partial charge in [0.05, 0.1) is 16.4 Å². The largest absolute Gasteiger partial charge is 0.397 e. The summed E-state index contributed by atoms with van der Waals surface area (Å²) < 4.78 is 0. The van der Waals surface area contributed by atoms with Crippen molar-refractivity contribution < 1.29 is 0 Å². The van der Waals surface area contributed by atoms with Gasteiger partial charge >= 0.3 is 0 Å². The van der Waals surface area contributed by atoms with Crippen LogP contribution in [0.25, 0.3) is 0 Å². The average Bonchev–Trinajstić information content (AvgIpc) is 2.34. The highest BCUT2D eigenvalue weighted by Gasteiger charge is 2.25. The van der Waals surface area contributed by atoms with Crippen molar-refractivity contribution >= 4 is 34.7 Å². The van der Waals surface area contributed by atoms with Gasteiger partial charge < -0.3 is 11.1 Å². The van der Waals surface area contributed by atoms with E-state index in [1.54, 1.807) is 0 Å². The molecule has 17 heavy (non-hydrogen) atoms. The molecular weight excluding hydrogens is 252 g/mol. The second kappa shape index (κ2) is 5.87. The Kier molecular flexibility index (Phi) is 4.46. The molecule has 1 aromatic carbocycles. The van der Waals surface area contributed by atoms with Gasteiger partial charge in [0.1, 0.15) is 0 Å². The first-order valence-corrected chi connectivity index (χ1v) is 7.72. The normalized spacial score (nSPS) is 24.6. The predicted molar refractivity (Wildman–Crippen MR) is 79.0 cm³/mol. The molecule has 2 nitrogen and oxygen atoms in total. The first-order chi connectivity index (χ1) is 8.22. The zero-order valence-electron chi connectivity index (χ0n) is 10.1. The molecule has 0 radical (unpaired) electrons. The van der Waals surface area contributed by atoms with Crippen molar-refractivity contribution in [1.29, 1.82) is 0 Å². The Balaban J connectivity index is 2.13. The van der Waals surface area contributed by atoms with Crippen molar-refractivity contribution in [2.45, 2.75) is 37.0 Å². The molecule has 1 aliphatic carbocycles. The minimum atomic E-state index is 0.487. The van der Waals surface area contributed by atoms with E-state index in [4.69, 9.17) is 17.3 Å². The van der Waals surface area contributed by atoms with Crippen molar-refractivity contribution in [1.82, 2.24) is 0 Å². The van der Waals surface area contributed by atoms with E-state index < -0.39 is 0 Å². The van der Waals surface area contributed by atoms with Crippen molar-refractivity contribution in [3.05, 3.63) is 23.2 Å². The maximum absolute atomic E-state index is 6.19. The van der Waals surface area contributed by atoms with Crippen LogP contribution in [0.5, 0.6) is 0 Å². The number of benzene rings is 1. The van der Waals surface area contributed by atoms with Crippen molar-refractivity contribution in [2.75, 3.05) is 17.3 Å². The Bertz CT molecular complexity index is 363. The van der Waals surface area contributed by atoms with Gasteiger partial charge in [-0.05, 0) is 31.2 Å². The second-order valence-corrected chi connectivity index (χ2v) is 6.00. The van der Waals surface area contributed by atoms with Crippen LogP contribution in [-0.4, -0.2) is 17.5 Å². The topological polar surface area (TPSA) is 38.0 Å². The summed E-state index contributed by atoms with van der Waals surface area (Å²) in [6.45, 7) is 0. The number of anilines is 2. The first kappa shape index (κ1) is 12.9. The van der Waals surface area contributed by atoms with Gasteiger partial charge in [-0.25, -0.2) is 0 Å². The molecule has 0 aromatic heterocycles. The molecule has 0 heterocycles. The summed E-state index contributed by atoms with van der Waals surface area (Å²) in [4.78, 5) is 0. The molecule has 2 unspecified atom stereocenters. The van der Waals surface area contributed by atoms with Gasteiger partial charge in [-0.1, -0.05) is 30.5 Å². The maximum atomic E-state index is 6.19. The summed E-state index contributed by atoms with van der Waals surface area (Å²) in [5, 5.41) is 4.92. The molecule has 94 valence electrons. The molecule has 0 saturated heterocycles. The lowest BCUT2D eigenvalue weighted by molar-refractivity contribution is 0.475. The molecule has 3 N–H and O–H groups in total. The monoisotopic (exact) mass is 270 g/mol. The molecule has 4 heteroatoms. The summed E-state index contributed by atoms with van der Waals surface area (Å²) >= 11 is 8.13. The Hall–Kier alpha value is -0.540. The molecule has 0 bridgehead atoms. The highest BCUT2D eigenvalue weighted by atomic mass is 35.5. The van der Waals surface area contributed by atoms with Gasteiger partial charge in [0.25, 0.3) is 0 Å². The fourth-order valence-corrected chi connectivity index (χ4v) is 3.59. The van der Waals surface area contributed by atoms with E-state index in [1.807, 2.05) is 30.0 Å². The minimum Gasteiger partial charge on any atom is -0.397 e. The lowest BCUT2D eigenvalue weighted by atomic mass is 9.94. The van der Waals surface area contributed by atoms with E-state index in [0.29, 0.717) is 11.3 Å². The van der Waals surface area contributed by atoms with Gasteiger partial charge in [-0.3, -0.25) is 0 Å². The maximum Gasteiger partial charge on any atom is 0.0765 e. The number of nitrogen functional groups attached to an aromatic ring is 1. The summed E-state index contributed by atoms with van der Waals surface area (Å²) in [7, 11) is 0. The van der Waals surface area contributed by atoms with Crippen molar-refractivity contribution in [3.8, 4) is 0 Å². The third-order valence-corrected chi connectivity index (χ3v) is 4.87. The summed E-state index contributed by atoms with van der Waals surface area (Å²) in [6.07, 6.45) is 7.29. The molecule has 1 aromatic rings. The molecule has 2 atom stereocenters. The van der Waals surface area contributed by atoms with Gasteiger partial charge in [-0.15, -0.1) is 0 Å². The van der Waals surface area contributed by atoms with Crippen LogP contribution in [0.15, 0.2) is 18.2 Å². The molecule has 0 aliphatic heterocycles. The fourth-order valence-electron chi connectivity index (χ4n) is 2.42. The van der Waals surface area contributed by atoms with Crippen molar-refractivity contribution in [3.63, 3.8) is 0 Å². The Morgan fingerprint density at radius 2 is 2.12 bits per heavy atom. The molecular formula is C13H19ClN2S. The van der Waals surface area contributed by atoms with Crippen LogP contribution < -0.4 is 11.1 Å². The summed E-state index contributed by atoms with van der Waals surface area (Å²) in [6, 6.07) is 6.15. The number of hydrogen-bond donors (Lipinski definition) is 2. The SMILES string of the molecule is CSC1CCCCC1Nc1c(N)cccc1Cl. The van der Waals surface area contributed by atoms with E-state index in [2.05, 4.69) is 11.6 Å². The van der Waals surface area contributed by atoms with Crippen LogP contribution >= 0.6 is 23.4 Å². The number of para-hydroxylation sites is 1. The zero-order chi connectivity index (χ0) is 12.3. The molecule has 2 rings (SSSR count). The van der Waals surface area contributed by atoms with Gasteiger partial charge in [0.15, 0.2) is 0 Å². The minimum absolute atomic E-state index is 0.487. The van der Waals surface area contributed by atoms with Crippen LogP contribution in [0.2, 0.25) is 5.02 Å². The number of hydrogen-bond acceptors (Lipinski definition) is 3. The number of nitrogens with two attached hydrogens (primary N) is 1. The highest BCUT2D eigenvalue weighted by Crippen LogP contribution is 2.34. The quantitative estimate of drug-likeness (QED) is 0.815. The Morgan fingerprint density at radius 1 is 1.35 bits per heavy atom. The molecule has 0 amide bonds. The standard InChI is InChI=1S/C13H19ClN2S/c1-17-12-8-3-2-7-11(12)16-13-9(14)5-4-6-10(13)15/h4-6,11-12,16H,2-3,7-8,15H2,1H3. The van der Waals surface area contributed by atoms with E-state index in [9.17, 15) is 0 Å². The Morgan fingerprint density at radius 3 is 2.82 bits per heavy atom. The lowest BCUT2D eigenvalue weighted by Gasteiger charge is -2.32. The van der Waals surface area contributed by atoms with Crippen LogP contribution in [-0.2, 0) is 0 Å². The number of nitrogens with one attached hydrogen (secondary N) is 1. The number of thioether (sulfide) groups is 1. The molecule has 1 fully saturated rings. The van der Waals surface area contributed by atoms with Gasteiger partial charge in [-0.2, -0.15) is 11.8 Å². The summed E-state index contributed by atoms with van der Waals surface area (Å²) in [5.41, 5.74) is 7.61. The van der Waals surface area contributed by atoms with Crippen molar-refractivity contribution in [2.24, 2.45) is 0 Å². The summed E-state index contributed by atoms with van der Waals surface area (Å²) in [5.74, 6) is 0. The van der Waals surface area contributed by atoms with Crippen LogP contribution in [0.3, 0.4) is 0 Å². The predicted octanol–water partition coefficient (Wildman–Crippen LogP) is 4.01. The van der Waals surface area contributed by atoms with Gasteiger partial charge in [0.2, 0.25) is 0 Å². The van der Waals surface area contributed by atoms with Crippen LogP contribution in [0.4, 0.5) is 11.4 Å². The average molecular weight is 271 g/mol. The molecule has 1 aliphatic rings. The molecule has 1 saturated carbocycles. The van der Waals surface area contributed by atoms with E-state index in [0.717, 1.165) is 16.4 Å². The van der Waals surface area contributed by atoms with Crippen LogP contribution in [0, 0.1) is 0 Å². The van der Waals surface area contributed by atoms with Crippen LogP contribution in [0.1, 0.15) is 25.7 Å². The fraction of sp³-hybridized carbons (Fsp3) is 0.538. The number of rotatable bonds is 3. The lowest BCUT2D eigenvalue weighted by Crippen LogP contribution is -2.34. The third kappa shape index (κ3) is 3.02.